The van der Waals surface area contributed by atoms with Crippen molar-refractivity contribution in [1.29, 1.82) is 5.26 Å². The van der Waals surface area contributed by atoms with Crippen LogP contribution in [-0.2, 0) is 15.5 Å². The highest BCUT2D eigenvalue weighted by molar-refractivity contribution is 7.50. The molecule has 0 bridgehead atoms. The van der Waals surface area contributed by atoms with E-state index in [0.29, 0.717) is 30.3 Å². The van der Waals surface area contributed by atoms with Crippen molar-refractivity contribution in [3.05, 3.63) is 27.8 Å². The molecule has 0 heterocycles. The van der Waals surface area contributed by atoms with Gasteiger partial charge in [-0.05, 0) is 53.0 Å². The summed E-state index contributed by atoms with van der Waals surface area (Å²) in [7, 11) is -4.30. The van der Waals surface area contributed by atoms with Crippen LogP contribution in [0, 0.1) is 21.4 Å². The first-order valence-electron chi connectivity index (χ1n) is 13.1. The van der Waals surface area contributed by atoms with Gasteiger partial charge in [0.1, 0.15) is 0 Å². The van der Waals surface area contributed by atoms with Gasteiger partial charge in [0, 0.05) is 17.1 Å². The van der Waals surface area contributed by atoms with Crippen LogP contribution in [-0.4, -0.2) is 45.9 Å². The van der Waals surface area contributed by atoms with Crippen LogP contribution in [0.5, 0.6) is 11.5 Å². The van der Waals surface area contributed by atoms with Crippen molar-refractivity contribution in [3.63, 3.8) is 0 Å². The second kappa shape index (κ2) is 15.9. The summed E-state index contributed by atoms with van der Waals surface area (Å²) in [6.45, 7) is 11.9. The Balaban J connectivity index is 3.41. The molecular formula is C26H44N3O7P. The van der Waals surface area contributed by atoms with Crippen molar-refractivity contribution in [3.8, 4) is 17.6 Å². The van der Waals surface area contributed by atoms with Crippen molar-refractivity contribution >= 4 is 13.4 Å². The number of nitriles is 1. The maximum absolute atomic E-state index is 13.2. The monoisotopic (exact) mass is 541 g/mol. The van der Waals surface area contributed by atoms with Gasteiger partial charge >= 0.3 is 7.75 Å². The Morgan fingerprint density at radius 2 is 1.62 bits per heavy atom. The molecule has 0 saturated heterocycles. The topological polar surface area (TPSA) is 135 Å². The van der Waals surface area contributed by atoms with Crippen molar-refractivity contribution < 1.29 is 28.4 Å². The van der Waals surface area contributed by atoms with Crippen LogP contribution < -0.4 is 9.47 Å². The van der Waals surface area contributed by atoms with E-state index in [0.717, 1.165) is 38.5 Å². The summed E-state index contributed by atoms with van der Waals surface area (Å²) >= 11 is 0. The summed E-state index contributed by atoms with van der Waals surface area (Å²) in [5.41, 5.74) is -0.788. The van der Waals surface area contributed by atoms with Gasteiger partial charge in [-0.1, -0.05) is 39.5 Å². The highest BCUT2D eigenvalue weighted by atomic mass is 31.2. The van der Waals surface area contributed by atoms with Crippen LogP contribution in [0.15, 0.2) is 12.1 Å². The Hall–Kier alpha value is -2.18. The largest absolute Gasteiger partial charge is 0.490 e. The van der Waals surface area contributed by atoms with Crippen LogP contribution in [0.1, 0.15) is 92.1 Å². The Kier molecular flexibility index (Phi) is 14.1. The van der Waals surface area contributed by atoms with Crippen molar-refractivity contribution in [2.45, 2.75) is 104 Å². The lowest BCUT2D eigenvalue weighted by atomic mass is 9.92. The molecule has 1 rings (SSSR count). The Morgan fingerprint density at radius 3 is 2.08 bits per heavy atom. The number of hydrogen-bond acceptors (Lipinski definition) is 7. The first kappa shape index (κ1) is 32.8. The second-order valence-corrected chi connectivity index (χ2v) is 11.6. The third-order valence-corrected chi connectivity index (χ3v) is 7.90. The molecule has 1 N–H and O–H groups in total. The number of unbranched alkanes of at least 4 members (excludes halogenated alkanes) is 4. The molecule has 0 aliphatic heterocycles. The van der Waals surface area contributed by atoms with Crippen LogP contribution in [0.25, 0.3) is 0 Å². The van der Waals surface area contributed by atoms with Gasteiger partial charge < -0.3 is 14.4 Å². The molecule has 11 heteroatoms. The molecule has 0 aliphatic rings. The molecule has 37 heavy (non-hydrogen) atoms. The standard InChI is InChI=1S/C26H44N3O7P/c1-7-9-11-15-34-24-18-22(23(29(30)31)19-25(24)35-16-12-10-8-2)20-26(5,6)28(21(3)4)37(32,33)36-17-13-14-27/h18-19,21H,7-13,15-17,20H2,1-6H3,(H,32,33). The number of nitro groups is 1. The van der Waals surface area contributed by atoms with Crippen LogP contribution in [0.2, 0.25) is 0 Å². The molecule has 1 aromatic carbocycles. The average molecular weight is 542 g/mol. The van der Waals surface area contributed by atoms with Gasteiger partial charge in [-0.2, -0.15) is 5.26 Å². The zero-order valence-electron chi connectivity index (χ0n) is 23.2. The fourth-order valence-corrected chi connectivity index (χ4v) is 6.14. The normalized spacial score (nSPS) is 13.4. The van der Waals surface area contributed by atoms with Gasteiger partial charge in [-0.15, -0.1) is 0 Å². The molecule has 0 amide bonds. The maximum Gasteiger partial charge on any atom is 0.406 e. The molecule has 10 nitrogen and oxygen atoms in total. The van der Waals surface area contributed by atoms with Crippen molar-refractivity contribution in [2.24, 2.45) is 0 Å². The number of hydrogen-bond donors (Lipinski definition) is 1. The smallest absolute Gasteiger partial charge is 0.406 e. The van der Waals surface area contributed by atoms with Gasteiger partial charge in [0.25, 0.3) is 5.69 Å². The minimum Gasteiger partial charge on any atom is -0.490 e. The molecule has 0 fully saturated rings. The molecule has 1 aromatic rings. The molecule has 0 aliphatic carbocycles. The molecule has 0 aromatic heterocycles. The highest BCUT2D eigenvalue weighted by Gasteiger charge is 2.43. The van der Waals surface area contributed by atoms with E-state index < -0.39 is 24.3 Å². The zero-order chi connectivity index (χ0) is 28.1. The first-order chi connectivity index (χ1) is 17.4. The van der Waals surface area contributed by atoms with E-state index in [1.807, 2.05) is 6.07 Å². The van der Waals surface area contributed by atoms with E-state index >= 15 is 0 Å². The number of benzene rings is 1. The number of ether oxygens (including phenoxy) is 2. The van der Waals surface area contributed by atoms with E-state index in [1.54, 1.807) is 33.8 Å². The predicted octanol–water partition coefficient (Wildman–Crippen LogP) is 6.79. The quantitative estimate of drug-likeness (QED) is 0.0868. The predicted molar refractivity (Wildman–Crippen MR) is 144 cm³/mol. The minimum absolute atomic E-state index is 0.0270. The van der Waals surface area contributed by atoms with E-state index in [9.17, 15) is 19.6 Å². The molecule has 0 saturated carbocycles. The summed E-state index contributed by atoms with van der Waals surface area (Å²) in [6, 6.07) is 4.49. The van der Waals surface area contributed by atoms with Crippen molar-refractivity contribution in [1.82, 2.24) is 4.67 Å². The molecular weight excluding hydrogens is 497 g/mol. The highest BCUT2D eigenvalue weighted by Crippen LogP contribution is 2.53. The van der Waals surface area contributed by atoms with Gasteiger partial charge in [-0.25, -0.2) is 9.24 Å². The summed E-state index contributed by atoms with van der Waals surface area (Å²) in [5, 5.41) is 20.8. The third kappa shape index (κ3) is 10.6. The average Bonchev–Trinajstić information content (AvgIpc) is 2.79. The lowest BCUT2D eigenvalue weighted by Crippen LogP contribution is -2.47. The minimum atomic E-state index is -4.30. The Morgan fingerprint density at radius 1 is 1.08 bits per heavy atom. The van der Waals surface area contributed by atoms with Crippen LogP contribution in [0.4, 0.5) is 5.69 Å². The van der Waals surface area contributed by atoms with Gasteiger partial charge in [0.2, 0.25) is 0 Å². The second-order valence-electron chi connectivity index (χ2n) is 9.96. The summed E-state index contributed by atoms with van der Waals surface area (Å²) in [6.07, 6.45) is 5.78. The molecule has 210 valence electrons. The zero-order valence-corrected chi connectivity index (χ0v) is 24.1. The SMILES string of the molecule is CCCCCOc1cc(CC(C)(C)N(C(C)C)P(=O)(O)OCCC#N)c([N+](=O)[O-])cc1OCCCCC. The summed E-state index contributed by atoms with van der Waals surface area (Å²) < 4.78 is 31.6. The molecule has 1 unspecified atom stereocenters. The Labute approximate surface area is 221 Å². The lowest BCUT2D eigenvalue weighted by molar-refractivity contribution is -0.385. The number of nitrogens with zero attached hydrogens (tertiary/aromatic N) is 3. The first-order valence-corrected chi connectivity index (χ1v) is 14.6. The van der Waals surface area contributed by atoms with Crippen molar-refractivity contribution in [2.75, 3.05) is 19.8 Å². The maximum atomic E-state index is 13.2. The molecule has 0 spiro atoms. The van der Waals surface area contributed by atoms with Crippen LogP contribution >= 0.6 is 7.75 Å². The summed E-state index contributed by atoms with van der Waals surface area (Å²) in [4.78, 5) is 22.3. The number of nitro benzene ring substituents is 1. The van der Waals surface area contributed by atoms with Gasteiger partial charge in [0.05, 0.1) is 43.3 Å². The number of rotatable bonds is 19. The fourth-order valence-electron chi connectivity index (χ4n) is 4.35. The van der Waals surface area contributed by atoms with E-state index in [2.05, 4.69) is 13.8 Å². The summed E-state index contributed by atoms with van der Waals surface area (Å²) in [5.74, 6) is 0.756. The van der Waals surface area contributed by atoms with Crippen LogP contribution in [0.3, 0.4) is 0 Å². The molecule has 0 radical (unpaired) electrons. The van der Waals surface area contributed by atoms with E-state index in [-0.39, 0.29) is 25.1 Å². The van der Waals surface area contributed by atoms with E-state index in [4.69, 9.17) is 19.3 Å². The molecule has 1 atom stereocenters. The fraction of sp³-hybridized carbons (Fsp3) is 0.731. The Bertz CT molecular complexity index is 947. The van der Waals surface area contributed by atoms with Gasteiger partial charge in [-0.3, -0.25) is 14.6 Å². The van der Waals surface area contributed by atoms with E-state index in [1.165, 1.54) is 10.7 Å². The lowest BCUT2D eigenvalue weighted by Gasteiger charge is -2.42. The van der Waals surface area contributed by atoms with Gasteiger partial charge in [0.15, 0.2) is 11.5 Å². The third-order valence-electron chi connectivity index (χ3n) is 5.83.